The number of aryl methyl sites for hydroxylation is 2. The van der Waals surface area contributed by atoms with E-state index in [1.165, 1.54) is 23.8 Å². The van der Waals surface area contributed by atoms with Crippen LogP contribution in [0.3, 0.4) is 0 Å². The third-order valence-corrected chi connectivity index (χ3v) is 5.30. The zero-order valence-corrected chi connectivity index (χ0v) is 15.9. The summed E-state index contributed by atoms with van der Waals surface area (Å²) in [6.07, 6.45) is 2.00. The SMILES string of the molecule is Cc1cc(CN2CCC(CNC(=O)c3c(F)cccc3Cl)CC2)c(C)o1. The Bertz CT molecular complexity index is 762. The van der Waals surface area contributed by atoms with Crippen LogP contribution in [-0.2, 0) is 6.54 Å². The molecule has 1 fully saturated rings. The minimum atomic E-state index is -0.587. The average Bonchev–Trinajstić information content (AvgIpc) is 2.91. The van der Waals surface area contributed by atoms with Crippen LogP contribution >= 0.6 is 11.6 Å². The molecule has 140 valence electrons. The highest BCUT2D eigenvalue weighted by Gasteiger charge is 2.22. The van der Waals surface area contributed by atoms with Crippen LogP contribution in [0, 0.1) is 25.6 Å². The van der Waals surface area contributed by atoms with Gasteiger partial charge in [-0.25, -0.2) is 4.39 Å². The molecule has 2 aromatic rings. The number of carbonyl (C=O) groups is 1. The molecule has 3 rings (SSSR count). The minimum Gasteiger partial charge on any atom is -0.466 e. The molecular weight excluding hydrogens is 355 g/mol. The number of piperidine rings is 1. The van der Waals surface area contributed by atoms with E-state index in [1.807, 2.05) is 13.8 Å². The summed E-state index contributed by atoms with van der Waals surface area (Å²) in [4.78, 5) is 14.6. The lowest BCUT2D eigenvalue weighted by Gasteiger charge is -2.31. The number of amides is 1. The van der Waals surface area contributed by atoms with Crippen molar-refractivity contribution < 1.29 is 13.6 Å². The van der Waals surface area contributed by atoms with Gasteiger partial charge in [-0.15, -0.1) is 0 Å². The van der Waals surface area contributed by atoms with E-state index in [1.54, 1.807) is 0 Å². The quantitative estimate of drug-likeness (QED) is 0.842. The third-order valence-electron chi connectivity index (χ3n) is 4.99. The van der Waals surface area contributed by atoms with Gasteiger partial charge in [-0.05, 0) is 63.9 Å². The number of hydrogen-bond donors (Lipinski definition) is 1. The molecule has 2 heterocycles. The molecule has 26 heavy (non-hydrogen) atoms. The van der Waals surface area contributed by atoms with Crippen molar-refractivity contribution in [2.24, 2.45) is 5.92 Å². The second kappa shape index (κ2) is 8.23. The van der Waals surface area contributed by atoms with Gasteiger partial charge in [0, 0.05) is 18.7 Å². The second-order valence-electron chi connectivity index (χ2n) is 6.96. The minimum absolute atomic E-state index is 0.0718. The molecule has 4 nitrogen and oxygen atoms in total. The van der Waals surface area contributed by atoms with E-state index < -0.39 is 11.7 Å². The van der Waals surface area contributed by atoms with Crippen molar-refractivity contribution >= 4 is 17.5 Å². The van der Waals surface area contributed by atoms with Crippen LogP contribution in [0.4, 0.5) is 4.39 Å². The largest absolute Gasteiger partial charge is 0.466 e. The standard InChI is InChI=1S/C20H24ClFN2O2/c1-13-10-16(14(2)26-13)12-24-8-6-15(7-9-24)11-23-20(25)19-17(21)4-3-5-18(19)22/h3-5,10,15H,6-9,11-12H2,1-2H3,(H,23,25). The zero-order valence-electron chi connectivity index (χ0n) is 15.1. The Morgan fingerprint density at radius 3 is 2.69 bits per heavy atom. The monoisotopic (exact) mass is 378 g/mol. The van der Waals surface area contributed by atoms with E-state index in [4.69, 9.17) is 16.0 Å². The van der Waals surface area contributed by atoms with Gasteiger partial charge in [-0.3, -0.25) is 9.69 Å². The fourth-order valence-corrected chi connectivity index (χ4v) is 3.72. The first-order valence-corrected chi connectivity index (χ1v) is 9.32. The van der Waals surface area contributed by atoms with Crippen molar-refractivity contribution in [2.75, 3.05) is 19.6 Å². The van der Waals surface area contributed by atoms with Gasteiger partial charge in [-0.2, -0.15) is 0 Å². The lowest BCUT2D eigenvalue weighted by atomic mass is 9.96. The summed E-state index contributed by atoms with van der Waals surface area (Å²) in [6, 6.07) is 6.36. The molecule has 0 unspecified atom stereocenters. The molecule has 1 aliphatic heterocycles. The Morgan fingerprint density at radius 1 is 1.35 bits per heavy atom. The van der Waals surface area contributed by atoms with E-state index in [2.05, 4.69) is 16.3 Å². The molecule has 1 aliphatic rings. The summed E-state index contributed by atoms with van der Waals surface area (Å²) in [7, 11) is 0. The molecule has 1 N–H and O–H groups in total. The number of halogens is 2. The van der Waals surface area contributed by atoms with Crippen molar-refractivity contribution in [3.05, 3.63) is 57.8 Å². The smallest absolute Gasteiger partial charge is 0.255 e. The molecule has 1 amide bonds. The summed E-state index contributed by atoms with van der Waals surface area (Å²) in [5.41, 5.74) is 1.17. The lowest BCUT2D eigenvalue weighted by Crippen LogP contribution is -2.38. The Morgan fingerprint density at radius 2 is 2.08 bits per heavy atom. The van der Waals surface area contributed by atoms with Gasteiger partial charge in [0.1, 0.15) is 17.3 Å². The molecular formula is C20H24ClFN2O2. The third kappa shape index (κ3) is 4.46. The van der Waals surface area contributed by atoms with Gasteiger partial charge in [0.25, 0.3) is 5.91 Å². The van der Waals surface area contributed by atoms with E-state index in [0.29, 0.717) is 12.5 Å². The number of carbonyl (C=O) groups excluding carboxylic acids is 1. The highest BCUT2D eigenvalue weighted by molar-refractivity contribution is 6.33. The van der Waals surface area contributed by atoms with Crippen molar-refractivity contribution in [1.82, 2.24) is 10.2 Å². The Balaban J connectivity index is 1.47. The molecule has 1 saturated heterocycles. The van der Waals surface area contributed by atoms with Gasteiger partial charge in [0.05, 0.1) is 10.6 Å². The topological polar surface area (TPSA) is 45.5 Å². The summed E-state index contributed by atoms with van der Waals surface area (Å²) < 4.78 is 19.4. The van der Waals surface area contributed by atoms with Crippen LogP contribution in [0.25, 0.3) is 0 Å². The normalized spacial score (nSPS) is 16.0. The predicted molar refractivity (Wildman–Crippen MR) is 99.9 cm³/mol. The maximum atomic E-state index is 13.8. The van der Waals surface area contributed by atoms with Crippen molar-refractivity contribution in [3.8, 4) is 0 Å². The highest BCUT2D eigenvalue weighted by Crippen LogP contribution is 2.22. The molecule has 6 heteroatoms. The van der Waals surface area contributed by atoms with Crippen molar-refractivity contribution in [1.29, 1.82) is 0 Å². The molecule has 1 aromatic carbocycles. The average molecular weight is 379 g/mol. The number of likely N-dealkylation sites (tertiary alicyclic amines) is 1. The summed E-state index contributed by atoms with van der Waals surface area (Å²) in [6.45, 7) is 7.36. The Hall–Kier alpha value is -1.85. The molecule has 1 aromatic heterocycles. The van der Waals surface area contributed by atoms with Gasteiger partial charge >= 0.3 is 0 Å². The summed E-state index contributed by atoms with van der Waals surface area (Å²) in [5, 5.41) is 2.97. The molecule has 0 saturated carbocycles. The molecule has 0 bridgehead atoms. The first-order chi connectivity index (χ1) is 12.4. The molecule has 0 atom stereocenters. The number of nitrogens with one attached hydrogen (secondary N) is 1. The van der Waals surface area contributed by atoms with Crippen molar-refractivity contribution in [2.45, 2.75) is 33.2 Å². The van der Waals surface area contributed by atoms with Gasteiger partial charge in [-0.1, -0.05) is 17.7 Å². The van der Waals surface area contributed by atoms with Crippen LogP contribution in [0.5, 0.6) is 0 Å². The highest BCUT2D eigenvalue weighted by atomic mass is 35.5. The second-order valence-corrected chi connectivity index (χ2v) is 7.37. The lowest BCUT2D eigenvalue weighted by molar-refractivity contribution is 0.0931. The Labute approximate surface area is 158 Å². The molecule has 0 radical (unpaired) electrons. The van der Waals surface area contributed by atoms with E-state index >= 15 is 0 Å². The van der Waals surface area contributed by atoms with Crippen LogP contribution < -0.4 is 5.32 Å². The van der Waals surface area contributed by atoms with Gasteiger partial charge < -0.3 is 9.73 Å². The molecule has 0 spiro atoms. The van der Waals surface area contributed by atoms with Crippen molar-refractivity contribution in [3.63, 3.8) is 0 Å². The fraction of sp³-hybridized carbons (Fsp3) is 0.450. The van der Waals surface area contributed by atoms with Gasteiger partial charge in [0.2, 0.25) is 0 Å². The number of furan rings is 1. The van der Waals surface area contributed by atoms with Crippen LogP contribution in [0.15, 0.2) is 28.7 Å². The number of rotatable bonds is 5. The first kappa shape index (κ1) is 18.9. The summed E-state index contributed by atoms with van der Waals surface area (Å²) in [5.74, 6) is 1.30. The van der Waals surface area contributed by atoms with Crippen LogP contribution in [-0.4, -0.2) is 30.4 Å². The Kier molecular flexibility index (Phi) is 5.99. The van der Waals surface area contributed by atoms with E-state index in [-0.39, 0.29) is 10.6 Å². The predicted octanol–water partition coefficient (Wildman–Crippen LogP) is 4.33. The van der Waals surface area contributed by atoms with Crippen LogP contribution in [0.1, 0.15) is 40.3 Å². The maximum Gasteiger partial charge on any atom is 0.255 e. The number of nitrogens with zero attached hydrogens (tertiary/aromatic N) is 1. The van der Waals surface area contributed by atoms with Crippen LogP contribution in [0.2, 0.25) is 5.02 Å². The fourth-order valence-electron chi connectivity index (χ4n) is 3.47. The number of hydrogen-bond acceptors (Lipinski definition) is 3. The maximum absolute atomic E-state index is 13.8. The van der Waals surface area contributed by atoms with E-state index in [9.17, 15) is 9.18 Å². The first-order valence-electron chi connectivity index (χ1n) is 8.94. The molecule has 0 aliphatic carbocycles. The van der Waals surface area contributed by atoms with Gasteiger partial charge in [0.15, 0.2) is 0 Å². The van der Waals surface area contributed by atoms with E-state index in [0.717, 1.165) is 44.0 Å². The zero-order chi connectivity index (χ0) is 18.7. The summed E-state index contributed by atoms with van der Waals surface area (Å²) >= 11 is 5.94. The number of benzene rings is 1.